The number of aliphatic hydroxyl groups is 7. The molecule has 0 bridgehead atoms. The van der Waals surface area contributed by atoms with Gasteiger partial charge in [-0.25, -0.2) is 0 Å². The normalized spacial score (nSPS) is 33.8. The minimum Gasteiger partial charge on any atom is -0.394 e. The predicted molar refractivity (Wildman–Crippen MR) is 68.8 cm³/mol. The first-order chi connectivity index (χ1) is 10.8. The van der Waals surface area contributed by atoms with Crippen LogP contribution < -0.4 is 0 Å². The van der Waals surface area contributed by atoms with Gasteiger partial charge in [-0.15, -0.1) is 0 Å². The minimum atomic E-state index is -2.01. The van der Waals surface area contributed by atoms with Gasteiger partial charge in [0.15, 0.2) is 24.5 Å². The molecule has 0 aromatic carbocycles. The Morgan fingerprint density at radius 3 is 2.26 bits per heavy atom. The molecule has 0 aromatic rings. The summed E-state index contributed by atoms with van der Waals surface area (Å²) in [5, 5.41) is 65.8. The Bertz CT molecular complexity index is 402. The van der Waals surface area contributed by atoms with Crippen LogP contribution >= 0.6 is 0 Å². The molecule has 1 rings (SSSR count). The van der Waals surface area contributed by atoms with Crippen LogP contribution in [0.3, 0.4) is 0 Å². The summed E-state index contributed by atoms with van der Waals surface area (Å²) in [5.41, 5.74) is 0. The molecule has 8 atom stereocenters. The zero-order chi connectivity index (χ0) is 17.7. The highest BCUT2D eigenvalue weighted by molar-refractivity contribution is 5.88. The Morgan fingerprint density at radius 1 is 1.17 bits per heavy atom. The number of rotatable bonds is 8. The molecule has 0 radical (unpaired) electrons. The van der Waals surface area contributed by atoms with Crippen LogP contribution in [-0.2, 0) is 19.1 Å². The molecule has 0 aliphatic carbocycles. The standard InChI is InChI=1S/C12H20O11/c13-1-4(16)7(18)11(5(17)2-14)23-12-10(21)9(20)8(19)6(3-15)22-12/h1,4-8,10-12,14-19,21H,2-3H2/t4-,5+,6+,7+,8+,10+,11+,12+/m0/s1. The van der Waals surface area contributed by atoms with Crippen LogP contribution in [0, 0.1) is 0 Å². The lowest BCUT2D eigenvalue weighted by Crippen LogP contribution is -2.59. The fourth-order valence-corrected chi connectivity index (χ4v) is 2.00. The van der Waals surface area contributed by atoms with Crippen molar-refractivity contribution in [2.45, 2.75) is 49.0 Å². The van der Waals surface area contributed by atoms with Crippen LogP contribution in [0.4, 0.5) is 0 Å². The summed E-state index contributed by atoms with van der Waals surface area (Å²) in [6.07, 6.45) is -14.7. The quantitative estimate of drug-likeness (QED) is 0.208. The fourth-order valence-electron chi connectivity index (χ4n) is 2.00. The first kappa shape index (κ1) is 20.0. The van der Waals surface area contributed by atoms with Crippen molar-refractivity contribution in [3.8, 4) is 0 Å². The number of carbonyl (C=O) groups is 2. The smallest absolute Gasteiger partial charge is 0.197 e. The molecule has 1 heterocycles. The van der Waals surface area contributed by atoms with Gasteiger partial charge in [-0.1, -0.05) is 0 Å². The molecule has 11 heteroatoms. The van der Waals surface area contributed by atoms with E-state index in [0.29, 0.717) is 0 Å². The highest BCUT2D eigenvalue weighted by atomic mass is 16.7. The highest BCUT2D eigenvalue weighted by Crippen LogP contribution is 2.22. The second kappa shape index (κ2) is 8.73. The molecule has 0 spiro atoms. The number of hydrogen-bond donors (Lipinski definition) is 7. The van der Waals surface area contributed by atoms with Gasteiger partial charge < -0.3 is 50.0 Å². The molecule has 0 amide bonds. The van der Waals surface area contributed by atoms with Crippen molar-refractivity contribution >= 4 is 12.1 Å². The zero-order valence-corrected chi connectivity index (χ0v) is 11.9. The number of carbonyl (C=O) groups excluding carboxylic acids is 2. The maximum absolute atomic E-state index is 11.6. The molecule has 0 unspecified atom stereocenters. The third-order valence-corrected chi connectivity index (χ3v) is 3.37. The van der Waals surface area contributed by atoms with Gasteiger partial charge >= 0.3 is 0 Å². The monoisotopic (exact) mass is 340 g/mol. The van der Waals surface area contributed by atoms with Gasteiger partial charge in [-0.05, 0) is 0 Å². The molecule has 1 aliphatic heterocycles. The molecule has 23 heavy (non-hydrogen) atoms. The molecule has 1 saturated heterocycles. The van der Waals surface area contributed by atoms with E-state index in [1.54, 1.807) is 0 Å². The summed E-state index contributed by atoms with van der Waals surface area (Å²) < 4.78 is 9.95. The van der Waals surface area contributed by atoms with Gasteiger partial charge in [0.25, 0.3) is 0 Å². The van der Waals surface area contributed by atoms with Crippen molar-refractivity contribution in [2.24, 2.45) is 0 Å². The van der Waals surface area contributed by atoms with E-state index in [2.05, 4.69) is 0 Å². The second-order valence-electron chi connectivity index (χ2n) is 4.99. The number of aliphatic hydroxyl groups excluding tert-OH is 7. The Balaban J connectivity index is 2.93. The number of hydrogen-bond acceptors (Lipinski definition) is 11. The zero-order valence-electron chi connectivity index (χ0n) is 11.9. The van der Waals surface area contributed by atoms with E-state index < -0.39 is 68.0 Å². The van der Waals surface area contributed by atoms with Crippen molar-refractivity contribution < 1.29 is 54.8 Å². The van der Waals surface area contributed by atoms with E-state index in [-0.39, 0.29) is 6.29 Å². The summed E-state index contributed by atoms with van der Waals surface area (Å²) in [6.45, 7) is -1.72. The van der Waals surface area contributed by atoms with Gasteiger partial charge in [-0.3, -0.25) is 4.79 Å². The number of ketones is 1. The Labute approximate surface area is 130 Å². The van der Waals surface area contributed by atoms with E-state index >= 15 is 0 Å². The Morgan fingerprint density at radius 2 is 1.78 bits per heavy atom. The molecule has 1 aliphatic rings. The van der Waals surface area contributed by atoms with Gasteiger partial charge in [0, 0.05) is 0 Å². The minimum absolute atomic E-state index is 0.0469. The SMILES string of the molecule is O=C[C@H](O)[C@@H](O)[C@H](O[C@H]1O[C@H](CO)[C@@H](O)C(=O)[C@H]1O)[C@H](O)CO. The molecule has 134 valence electrons. The van der Waals surface area contributed by atoms with Gasteiger partial charge in [0.05, 0.1) is 13.2 Å². The molecular formula is C12H20O11. The average molecular weight is 340 g/mol. The maximum Gasteiger partial charge on any atom is 0.197 e. The van der Waals surface area contributed by atoms with Crippen LogP contribution in [-0.4, -0.2) is 110 Å². The molecule has 0 saturated carbocycles. The van der Waals surface area contributed by atoms with Crippen molar-refractivity contribution in [1.82, 2.24) is 0 Å². The largest absolute Gasteiger partial charge is 0.394 e. The Kier molecular flexibility index (Phi) is 7.60. The van der Waals surface area contributed by atoms with Gasteiger partial charge in [0.1, 0.15) is 36.6 Å². The lowest BCUT2D eigenvalue weighted by molar-refractivity contribution is -0.290. The Hall–Kier alpha value is -1.02. The first-order valence-electron chi connectivity index (χ1n) is 6.70. The van der Waals surface area contributed by atoms with E-state index in [1.165, 1.54) is 0 Å². The topological polar surface area (TPSA) is 194 Å². The van der Waals surface area contributed by atoms with E-state index in [0.717, 1.165) is 0 Å². The van der Waals surface area contributed by atoms with Crippen LogP contribution in [0.2, 0.25) is 0 Å². The average Bonchev–Trinajstić information content (AvgIpc) is 2.57. The van der Waals surface area contributed by atoms with Crippen molar-refractivity contribution in [3.05, 3.63) is 0 Å². The maximum atomic E-state index is 11.6. The fraction of sp³-hybridized carbons (Fsp3) is 0.833. The molecule has 0 aromatic heterocycles. The lowest BCUT2D eigenvalue weighted by atomic mass is 10.00. The molecule has 7 N–H and O–H groups in total. The van der Waals surface area contributed by atoms with E-state index in [9.17, 15) is 35.1 Å². The van der Waals surface area contributed by atoms with Gasteiger partial charge in [0.2, 0.25) is 0 Å². The number of ether oxygens (including phenoxy) is 2. The summed E-state index contributed by atoms with van der Waals surface area (Å²) in [7, 11) is 0. The third-order valence-electron chi connectivity index (χ3n) is 3.37. The molecule has 11 nitrogen and oxygen atoms in total. The summed E-state index contributed by atoms with van der Waals surface area (Å²) >= 11 is 0. The van der Waals surface area contributed by atoms with Crippen molar-refractivity contribution in [3.63, 3.8) is 0 Å². The summed E-state index contributed by atoms with van der Waals surface area (Å²) in [6, 6.07) is 0. The highest BCUT2D eigenvalue weighted by Gasteiger charge is 2.46. The van der Waals surface area contributed by atoms with Gasteiger partial charge in [-0.2, -0.15) is 0 Å². The van der Waals surface area contributed by atoms with Crippen molar-refractivity contribution in [1.29, 1.82) is 0 Å². The summed E-state index contributed by atoms with van der Waals surface area (Å²) in [5.74, 6) is -1.12. The van der Waals surface area contributed by atoms with Crippen LogP contribution in [0.25, 0.3) is 0 Å². The van der Waals surface area contributed by atoms with Crippen LogP contribution in [0.1, 0.15) is 0 Å². The molecular weight excluding hydrogens is 320 g/mol. The van der Waals surface area contributed by atoms with Crippen molar-refractivity contribution in [2.75, 3.05) is 13.2 Å². The second-order valence-corrected chi connectivity index (χ2v) is 4.99. The van der Waals surface area contributed by atoms with E-state index in [4.69, 9.17) is 19.7 Å². The third kappa shape index (κ3) is 4.50. The van der Waals surface area contributed by atoms with E-state index in [1.807, 2.05) is 0 Å². The predicted octanol–water partition coefficient (Wildman–Crippen LogP) is -5.35. The number of Topliss-reactive ketones (excluding diaryl/α,β-unsaturated/α-hetero) is 1. The van der Waals surface area contributed by atoms with Crippen LogP contribution in [0.15, 0.2) is 0 Å². The lowest BCUT2D eigenvalue weighted by Gasteiger charge is -2.38. The molecule has 1 fully saturated rings. The first-order valence-corrected chi connectivity index (χ1v) is 6.70. The summed E-state index contributed by atoms with van der Waals surface area (Å²) in [4.78, 5) is 22.1. The number of aldehydes is 1. The van der Waals surface area contributed by atoms with Crippen LogP contribution in [0.5, 0.6) is 0 Å².